The van der Waals surface area contributed by atoms with Crippen molar-refractivity contribution in [2.75, 3.05) is 13.1 Å². The molecule has 0 aromatic heterocycles. The molecule has 0 unspecified atom stereocenters. The van der Waals surface area contributed by atoms with Crippen molar-refractivity contribution in [3.8, 4) is 0 Å². The quantitative estimate of drug-likeness (QED) is 0.682. The SMILES string of the molecule is O=C(O)[C@@]12CCC[C@H]1CN(Cc1ccc([N+](=O)[O-])cc1F)C2. The van der Waals surface area contributed by atoms with Gasteiger partial charge in [-0.15, -0.1) is 0 Å². The number of rotatable bonds is 4. The topological polar surface area (TPSA) is 83.7 Å². The van der Waals surface area contributed by atoms with Gasteiger partial charge in [-0.05, 0) is 24.8 Å². The molecule has 0 bridgehead atoms. The van der Waals surface area contributed by atoms with Gasteiger partial charge in [0.1, 0.15) is 5.82 Å². The molecule has 22 heavy (non-hydrogen) atoms. The zero-order chi connectivity index (χ0) is 15.9. The average molecular weight is 308 g/mol. The monoisotopic (exact) mass is 308 g/mol. The summed E-state index contributed by atoms with van der Waals surface area (Å²) in [6.07, 6.45) is 2.49. The molecule has 0 spiro atoms. The van der Waals surface area contributed by atoms with Gasteiger partial charge < -0.3 is 5.11 Å². The molecule has 2 fully saturated rings. The predicted octanol–water partition coefficient (Wildman–Crippen LogP) is 2.42. The largest absolute Gasteiger partial charge is 0.481 e. The molecule has 3 rings (SSSR count). The number of hydrogen-bond donors (Lipinski definition) is 1. The van der Waals surface area contributed by atoms with E-state index in [1.807, 2.05) is 4.90 Å². The second kappa shape index (κ2) is 5.31. The Kier molecular flexibility index (Phi) is 3.60. The van der Waals surface area contributed by atoms with E-state index in [1.54, 1.807) is 0 Å². The molecule has 1 heterocycles. The Bertz CT molecular complexity index is 636. The first-order valence-corrected chi connectivity index (χ1v) is 7.31. The van der Waals surface area contributed by atoms with E-state index in [4.69, 9.17) is 0 Å². The summed E-state index contributed by atoms with van der Waals surface area (Å²) in [6.45, 7) is 1.35. The molecule has 1 aliphatic carbocycles. The van der Waals surface area contributed by atoms with Gasteiger partial charge in [-0.1, -0.05) is 6.42 Å². The summed E-state index contributed by atoms with van der Waals surface area (Å²) in [7, 11) is 0. The highest BCUT2D eigenvalue weighted by Gasteiger charge is 2.54. The molecule has 2 aliphatic rings. The van der Waals surface area contributed by atoms with Crippen molar-refractivity contribution in [3.63, 3.8) is 0 Å². The molecule has 1 aliphatic heterocycles. The van der Waals surface area contributed by atoms with Gasteiger partial charge in [-0.3, -0.25) is 19.8 Å². The lowest BCUT2D eigenvalue weighted by atomic mass is 9.81. The Balaban J connectivity index is 1.75. The lowest BCUT2D eigenvalue weighted by Gasteiger charge is -2.23. The lowest BCUT2D eigenvalue weighted by molar-refractivity contribution is -0.385. The van der Waals surface area contributed by atoms with E-state index in [0.29, 0.717) is 25.1 Å². The van der Waals surface area contributed by atoms with Gasteiger partial charge in [0.15, 0.2) is 0 Å². The molecular formula is C15H17FN2O4. The Labute approximate surface area is 126 Å². The number of nitro groups is 1. The van der Waals surface area contributed by atoms with Crippen molar-refractivity contribution in [1.29, 1.82) is 0 Å². The third-order valence-electron chi connectivity index (χ3n) is 5.01. The minimum absolute atomic E-state index is 0.117. The van der Waals surface area contributed by atoms with E-state index in [9.17, 15) is 24.4 Å². The van der Waals surface area contributed by atoms with E-state index in [0.717, 1.165) is 18.9 Å². The fraction of sp³-hybridized carbons (Fsp3) is 0.533. The van der Waals surface area contributed by atoms with Crippen molar-refractivity contribution in [2.45, 2.75) is 25.8 Å². The average Bonchev–Trinajstić information content (AvgIpc) is 2.98. The summed E-state index contributed by atoms with van der Waals surface area (Å²) in [5.74, 6) is -1.26. The Hall–Kier alpha value is -2.02. The lowest BCUT2D eigenvalue weighted by Crippen LogP contribution is -2.35. The zero-order valence-corrected chi connectivity index (χ0v) is 12.0. The van der Waals surface area contributed by atoms with Crippen LogP contribution in [0, 0.1) is 27.3 Å². The number of carboxylic acid groups (broad SMARTS) is 1. The van der Waals surface area contributed by atoms with Gasteiger partial charge in [0.2, 0.25) is 0 Å². The maximum Gasteiger partial charge on any atom is 0.311 e. The molecule has 118 valence electrons. The van der Waals surface area contributed by atoms with Crippen LogP contribution in [0.1, 0.15) is 24.8 Å². The van der Waals surface area contributed by atoms with Crippen molar-refractivity contribution < 1.29 is 19.2 Å². The summed E-state index contributed by atoms with van der Waals surface area (Å²) in [6, 6.07) is 3.61. The molecule has 1 aromatic carbocycles. The van der Waals surface area contributed by atoms with Crippen molar-refractivity contribution in [2.24, 2.45) is 11.3 Å². The zero-order valence-electron chi connectivity index (χ0n) is 12.0. The Morgan fingerprint density at radius 2 is 2.32 bits per heavy atom. The van der Waals surface area contributed by atoms with Crippen LogP contribution >= 0.6 is 0 Å². The fourth-order valence-electron chi connectivity index (χ4n) is 3.88. The summed E-state index contributed by atoms with van der Waals surface area (Å²) in [5, 5.41) is 20.2. The van der Waals surface area contributed by atoms with Gasteiger partial charge in [0.25, 0.3) is 5.69 Å². The van der Waals surface area contributed by atoms with Gasteiger partial charge in [0, 0.05) is 31.3 Å². The number of halogens is 1. The van der Waals surface area contributed by atoms with E-state index >= 15 is 0 Å². The second-order valence-electron chi connectivity index (χ2n) is 6.25. The van der Waals surface area contributed by atoms with Crippen LogP contribution in [0.5, 0.6) is 0 Å². The fourth-order valence-corrected chi connectivity index (χ4v) is 3.88. The highest BCUT2D eigenvalue weighted by molar-refractivity contribution is 5.76. The Morgan fingerprint density at radius 1 is 1.55 bits per heavy atom. The number of nitro benzene ring substituents is 1. The van der Waals surface area contributed by atoms with Crippen LogP contribution in [0.4, 0.5) is 10.1 Å². The van der Waals surface area contributed by atoms with Crippen molar-refractivity contribution in [3.05, 3.63) is 39.7 Å². The molecule has 1 N–H and O–H groups in total. The number of aliphatic carboxylic acids is 1. The molecule has 7 heteroatoms. The maximum absolute atomic E-state index is 14.0. The normalized spacial score (nSPS) is 27.8. The molecule has 1 aromatic rings. The van der Waals surface area contributed by atoms with Gasteiger partial charge in [-0.2, -0.15) is 0 Å². The first-order valence-electron chi connectivity index (χ1n) is 7.31. The predicted molar refractivity (Wildman–Crippen MR) is 75.7 cm³/mol. The van der Waals surface area contributed by atoms with E-state index < -0.39 is 22.1 Å². The molecular weight excluding hydrogens is 291 g/mol. The smallest absolute Gasteiger partial charge is 0.311 e. The van der Waals surface area contributed by atoms with Crippen LogP contribution < -0.4 is 0 Å². The first-order chi connectivity index (χ1) is 10.4. The van der Waals surface area contributed by atoms with Crippen LogP contribution in [-0.2, 0) is 11.3 Å². The number of carboxylic acids is 1. The number of likely N-dealkylation sites (tertiary alicyclic amines) is 1. The summed E-state index contributed by atoms with van der Waals surface area (Å²) in [4.78, 5) is 23.5. The van der Waals surface area contributed by atoms with E-state index in [-0.39, 0.29) is 18.2 Å². The van der Waals surface area contributed by atoms with Crippen LogP contribution in [0.15, 0.2) is 18.2 Å². The number of carbonyl (C=O) groups is 1. The molecule has 6 nitrogen and oxygen atoms in total. The molecule has 0 radical (unpaired) electrons. The van der Waals surface area contributed by atoms with Gasteiger partial charge >= 0.3 is 5.97 Å². The van der Waals surface area contributed by atoms with Crippen LogP contribution in [0.25, 0.3) is 0 Å². The van der Waals surface area contributed by atoms with Crippen molar-refractivity contribution >= 4 is 11.7 Å². The highest BCUT2D eigenvalue weighted by atomic mass is 19.1. The first kappa shape index (κ1) is 14.9. The minimum Gasteiger partial charge on any atom is -0.481 e. The third kappa shape index (κ3) is 2.35. The van der Waals surface area contributed by atoms with E-state index in [1.165, 1.54) is 12.1 Å². The Morgan fingerprint density at radius 3 is 2.91 bits per heavy atom. The minimum atomic E-state index is -0.762. The maximum atomic E-state index is 14.0. The molecule has 0 amide bonds. The molecule has 1 saturated carbocycles. The number of hydrogen-bond acceptors (Lipinski definition) is 4. The molecule has 1 saturated heterocycles. The summed E-state index contributed by atoms with van der Waals surface area (Å²) < 4.78 is 14.0. The van der Waals surface area contributed by atoms with Gasteiger partial charge in [-0.25, -0.2) is 4.39 Å². The number of benzene rings is 1. The summed E-state index contributed by atoms with van der Waals surface area (Å²) in [5.41, 5.74) is -0.607. The standard InChI is InChI=1S/C15H17FN2O4/c16-13-6-12(18(21)22)4-3-10(13)7-17-8-11-2-1-5-15(11,9-17)14(19)20/h3-4,6,11H,1-2,5,7-9H2,(H,19,20)/t11-,15+/m0/s1. The van der Waals surface area contributed by atoms with Gasteiger partial charge in [0.05, 0.1) is 16.4 Å². The van der Waals surface area contributed by atoms with Crippen LogP contribution in [0.3, 0.4) is 0 Å². The van der Waals surface area contributed by atoms with E-state index in [2.05, 4.69) is 0 Å². The van der Waals surface area contributed by atoms with Crippen molar-refractivity contribution in [1.82, 2.24) is 4.90 Å². The third-order valence-corrected chi connectivity index (χ3v) is 5.01. The molecule has 2 atom stereocenters. The number of fused-ring (bicyclic) bond motifs is 1. The summed E-state index contributed by atoms with van der Waals surface area (Å²) >= 11 is 0. The highest BCUT2D eigenvalue weighted by Crippen LogP contribution is 2.49. The second-order valence-corrected chi connectivity index (χ2v) is 6.25. The van der Waals surface area contributed by atoms with Crippen LogP contribution in [0.2, 0.25) is 0 Å². The number of non-ortho nitro benzene ring substituents is 1. The number of nitrogens with zero attached hydrogens (tertiary/aromatic N) is 2. The van der Waals surface area contributed by atoms with Crippen LogP contribution in [-0.4, -0.2) is 34.0 Å².